The molecular formula is C24H26N4O4S2. The Morgan fingerprint density at radius 3 is 2.71 bits per heavy atom. The van der Waals surface area contributed by atoms with E-state index in [1.165, 1.54) is 60.2 Å². The Labute approximate surface area is 203 Å². The summed E-state index contributed by atoms with van der Waals surface area (Å²) < 4.78 is 33.6. The summed E-state index contributed by atoms with van der Waals surface area (Å²) in [6.45, 7) is 0.365. The molecule has 1 aromatic heterocycles. The van der Waals surface area contributed by atoms with Crippen LogP contribution in [0.25, 0.3) is 0 Å². The maximum atomic E-state index is 13.4. The number of para-hydroxylation sites is 1. The van der Waals surface area contributed by atoms with E-state index in [4.69, 9.17) is 4.74 Å². The second-order valence-corrected chi connectivity index (χ2v) is 11.4. The van der Waals surface area contributed by atoms with Gasteiger partial charge in [-0.2, -0.15) is 0 Å². The molecule has 0 spiro atoms. The first-order valence-electron chi connectivity index (χ1n) is 11.4. The highest BCUT2D eigenvalue weighted by Gasteiger charge is 2.32. The van der Waals surface area contributed by atoms with Crippen LogP contribution in [0.3, 0.4) is 0 Å². The van der Waals surface area contributed by atoms with Gasteiger partial charge < -0.3 is 4.74 Å². The molecule has 0 unspecified atom stereocenters. The van der Waals surface area contributed by atoms with E-state index in [0.29, 0.717) is 29.7 Å². The summed E-state index contributed by atoms with van der Waals surface area (Å²) in [7, 11) is -2.40. The highest BCUT2D eigenvalue weighted by Crippen LogP contribution is 2.36. The van der Waals surface area contributed by atoms with E-state index in [1.54, 1.807) is 6.07 Å². The Balaban J connectivity index is 1.40. The molecule has 1 saturated carbocycles. The van der Waals surface area contributed by atoms with Crippen LogP contribution in [-0.4, -0.2) is 38.2 Å². The van der Waals surface area contributed by atoms with E-state index in [9.17, 15) is 13.2 Å². The summed E-state index contributed by atoms with van der Waals surface area (Å²) in [5, 5.41) is 12.5. The lowest BCUT2D eigenvalue weighted by molar-refractivity contribution is 0.102. The minimum atomic E-state index is -3.84. The molecule has 0 radical (unpaired) electrons. The van der Waals surface area contributed by atoms with E-state index in [2.05, 4.69) is 15.5 Å². The molecule has 0 atom stereocenters. The van der Waals surface area contributed by atoms with Gasteiger partial charge >= 0.3 is 0 Å². The van der Waals surface area contributed by atoms with Crippen LogP contribution in [0.2, 0.25) is 0 Å². The van der Waals surface area contributed by atoms with Gasteiger partial charge in [0.25, 0.3) is 15.9 Å². The van der Waals surface area contributed by atoms with Gasteiger partial charge in [-0.15, -0.1) is 10.2 Å². The molecule has 178 valence electrons. The minimum Gasteiger partial charge on any atom is -0.496 e. The lowest BCUT2D eigenvalue weighted by Gasteiger charge is -2.20. The zero-order valence-corrected chi connectivity index (χ0v) is 20.5. The van der Waals surface area contributed by atoms with Crippen LogP contribution < -0.4 is 14.4 Å². The number of rotatable bonds is 6. The number of amides is 1. The molecule has 1 N–H and O–H groups in total. The first-order chi connectivity index (χ1) is 16.5. The molecule has 0 saturated heterocycles. The Morgan fingerprint density at radius 2 is 1.91 bits per heavy atom. The maximum absolute atomic E-state index is 13.4. The number of carbonyl (C=O) groups excluding carboxylic acids is 1. The van der Waals surface area contributed by atoms with Crippen molar-refractivity contribution in [1.82, 2.24) is 10.2 Å². The summed E-state index contributed by atoms with van der Waals surface area (Å²) in [5.74, 6) is 0.195. The molecule has 1 fully saturated rings. The number of fused-ring (bicyclic) bond motifs is 1. The largest absolute Gasteiger partial charge is 0.496 e. The number of sulfonamides is 1. The van der Waals surface area contributed by atoms with Gasteiger partial charge in [0.15, 0.2) is 0 Å². The maximum Gasteiger partial charge on any atom is 0.264 e. The first kappa shape index (κ1) is 22.8. The Bertz CT molecular complexity index is 1320. The van der Waals surface area contributed by atoms with Crippen LogP contribution in [0.1, 0.15) is 59.0 Å². The average Bonchev–Trinajstić information content (AvgIpc) is 3.52. The van der Waals surface area contributed by atoms with Crippen LogP contribution in [0.4, 0.5) is 10.8 Å². The molecule has 5 rings (SSSR count). The molecule has 2 heterocycles. The van der Waals surface area contributed by atoms with Gasteiger partial charge in [0.1, 0.15) is 10.8 Å². The van der Waals surface area contributed by atoms with Crippen molar-refractivity contribution in [2.45, 2.75) is 49.3 Å². The van der Waals surface area contributed by atoms with Crippen molar-refractivity contribution in [3.8, 4) is 5.75 Å². The second kappa shape index (κ2) is 9.34. The van der Waals surface area contributed by atoms with Crippen LogP contribution in [-0.2, 0) is 16.4 Å². The zero-order chi connectivity index (χ0) is 23.7. The van der Waals surface area contributed by atoms with Gasteiger partial charge in [-0.1, -0.05) is 48.8 Å². The Kier molecular flexibility index (Phi) is 6.26. The Morgan fingerprint density at radius 1 is 1.12 bits per heavy atom. The predicted octanol–water partition coefficient (Wildman–Crippen LogP) is 4.60. The number of nitrogens with one attached hydrogen (secondary N) is 1. The molecule has 1 amide bonds. The number of benzene rings is 2. The van der Waals surface area contributed by atoms with Crippen molar-refractivity contribution >= 4 is 38.1 Å². The lowest BCUT2D eigenvalue weighted by atomic mass is 9.90. The van der Waals surface area contributed by atoms with Crippen LogP contribution in [0.15, 0.2) is 47.4 Å². The molecular weight excluding hydrogens is 472 g/mol. The second-order valence-electron chi connectivity index (χ2n) is 8.55. The van der Waals surface area contributed by atoms with Crippen molar-refractivity contribution in [3.05, 3.63) is 58.6 Å². The number of methoxy groups -OCH3 is 1. The van der Waals surface area contributed by atoms with Gasteiger partial charge in [0.2, 0.25) is 5.13 Å². The third kappa shape index (κ3) is 4.27. The minimum absolute atomic E-state index is 0.0373. The third-order valence-corrected chi connectivity index (χ3v) is 9.27. The van der Waals surface area contributed by atoms with E-state index in [-0.39, 0.29) is 16.2 Å². The topological polar surface area (TPSA) is 101 Å². The van der Waals surface area contributed by atoms with Crippen molar-refractivity contribution in [2.75, 3.05) is 23.3 Å². The monoisotopic (exact) mass is 498 g/mol. The summed E-state index contributed by atoms with van der Waals surface area (Å²) in [6, 6.07) is 11.8. The van der Waals surface area contributed by atoms with Gasteiger partial charge in [-0.05, 0) is 49.1 Å². The van der Waals surface area contributed by atoms with Gasteiger partial charge in [-0.25, -0.2) is 8.42 Å². The van der Waals surface area contributed by atoms with Gasteiger partial charge in [-0.3, -0.25) is 14.4 Å². The highest BCUT2D eigenvalue weighted by molar-refractivity contribution is 7.92. The standard InChI is InChI=1S/C24H26N4O4S2/c1-32-21-12-11-18(34(30,31)28-14-13-16-7-5-6-10-20(16)28)15-19(21)22(29)25-24-27-26-23(33-24)17-8-3-2-4-9-17/h5-7,10-12,15,17H,2-4,8-9,13-14H2,1H3,(H,25,27,29). The average molecular weight is 499 g/mol. The van der Waals surface area contributed by atoms with E-state index in [0.717, 1.165) is 23.4 Å². The van der Waals surface area contributed by atoms with Crippen LogP contribution in [0, 0.1) is 0 Å². The van der Waals surface area contributed by atoms with Crippen molar-refractivity contribution in [1.29, 1.82) is 0 Å². The fourth-order valence-electron chi connectivity index (χ4n) is 4.67. The quantitative estimate of drug-likeness (QED) is 0.533. The highest BCUT2D eigenvalue weighted by atomic mass is 32.2. The van der Waals surface area contributed by atoms with Crippen molar-refractivity contribution in [2.24, 2.45) is 0 Å². The summed E-state index contributed by atoms with van der Waals surface area (Å²) >= 11 is 1.38. The SMILES string of the molecule is COc1ccc(S(=O)(=O)N2CCc3ccccc32)cc1C(=O)Nc1nnc(C2CCCCC2)s1. The first-order valence-corrected chi connectivity index (χ1v) is 13.7. The molecule has 8 nitrogen and oxygen atoms in total. The number of nitrogens with zero attached hydrogens (tertiary/aromatic N) is 3. The van der Waals surface area contributed by atoms with E-state index in [1.807, 2.05) is 18.2 Å². The molecule has 3 aromatic rings. The number of hydrogen-bond donors (Lipinski definition) is 1. The van der Waals surface area contributed by atoms with Gasteiger partial charge in [0, 0.05) is 12.5 Å². The predicted molar refractivity (Wildman–Crippen MR) is 131 cm³/mol. The fourth-order valence-corrected chi connectivity index (χ4v) is 7.11. The molecule has 10 heteroatoms. The number of ether oxygens (including phenoxy) is 1. The van der Waals surface area contributed by atoms with Gasteiger partial charge in [0.05, 0.1) is 23.3 Å². The smallest absolute Gasteiger partial charge is 0.264 e. The fraction of sp³-hybridized carbons (Fsp3) is 0.375. The van der Waals surface area contributed by atoms with Crippen molar-refractivity contribution < 1.29 is 17.9 Å². The molecule has 2 aliphatic rings. The number of anilines is 2. The normalized spacial score (nSPS) is 16.3. The van der Waals surface area contributed by atoms with E-state index < -0.39 is 15.9 Å². The molecule has 2 aromatic carbocycles. The molecule has 1 aliphatic heterocycles. The van der Waals surface area contributed by atoms with Crippen LogP contribution in [0.5, 0.6) is 5.75 Å². The molecule has 0 bridgehead atoms. The van der Waals surface area contributed by atoms with Crippen molar-refractivity contribution in [3.63, 3.8) is 0 Å². The molecule has 1 aliphatic carbocycles. The number of aromatic nitrogens is 2. The lowest BCUT2D eigenvalue weighted by Crippen LogP contribution is -2.29. The Hall–Kier alpha value is -2.98. The molecule has 34 heavy (non-hydrogen) atoms. The van der Waals surface area contributed by atoms with Crippen LogP contribution >= 0.6 is 11.3 Å². The number of carbonyl (C=O) groups is 1. The zero-order valence-electron chi connectivity index (χ0n) is 18.9. The summed E-state index contributed by atoms with van der Waals surface area (Å²) in [4.78, 5) is 13.2. The van der Waals surface area contributed by atoms with E-state index >= 15 is 0 Å². The third-order valence-electron chi connectivity index (χ3n) is 6.46. The summed E-state index contributed by atoms with van der Waals surface area (Å²) in [6.07, 6.45) is 6.46. The number of hydrogen-bond acceptors (Lipinski definition) is 7. The summed E-state index contributed by atoms with van der Waals surface area (Å²) in [5.41, 5.74) is 1.79.